The van der Waals surface area contributed by atoms with Crippen molar-refractivity contribution in [1.29, 1.82) is 0 Å². The smallest absolute Gasteiger partial charge is 0.251 e. The van der Waals surface area contributed by atoms with Gasteiger partial charge in [-0.05, 0) is 31.2 Å². The number of aromatic nitrogens is 4. The minimum atomic E-state index is -0.268. The van der Waals surface area contributed by atoms with E-state index in [-0.39, 0.29) is 24.8 Å². The number of hydrogen-bond acceptors (Lipinski definition) is 5. The highest BCUT2D eigenvalue weighted by molar-refractivity contribution is 5.95. The Kier molecular flexibility index (Phi) is 5.33. The first-order chi connectivity index (χ1) is 12.6. The molecule has 0 aliphatic carbocycles. The highest BCUT2D eigenvalue weighted by Crippen LogP contribution is 2.07. The van der Waals surface area contributed by atoms with E-state index in [1.165, 1.54) is 0 Å². The van der Waals surface area contributed by atoms with E-state index in [1.807, 2.05) is 19.1 Å². The summed E-state index contributed by atoms with van der Waals surface area (Å²) in [5.74, 6) is 0.617. The van der Waals surface area contributed by atoms with Crippen LogP contribution in [0.25, 0.3) is 5.82 Å². The van der Waals surface area contributed by atoms with Crippen LogP contribution in [0.5, 0.6) is 0 Å². The molecule has 0 unspecified atom stereocenters. The van der Waals surface area contributed by atoms with Gasteiger partial charge in [-0.2, -0.15) is 0 Å². The quantitative estimate of drug-likeness (QED) is 0.705. The van der Waals surface area contributed by atoms with E-state index in [2.05, 4.69) is 25.6 Å². The molecule has 0 aromatic carbocycles. The number of carbonyl (C=O) groups excluding carboxylic acids is 2. The predicted octanol–water partition coefficient (Wildman–Crippen LogP) is 1.73. The van der Waals surface area contributed by atoms with E-state index in [4.69, 9.17) is 0 Å². The SMILES string of the molecule is Cc1cccc(NC(=O)CCNC(=O)c2ccnc(-n3ccnc3)c2)n1. The van der Waals surface area contributed by atoms with Gasteiger partial charge in [0.25, 0.3) is 5.91 Å². The normalized spacial score (nSPS) is 10.3. The molecule has 3 aromatic rings. The first kappa shape index (κ1) is 17.3. The first-order valence-corrected chi connectivity index (χ1v) is 8.08. The fraction of sp³-hybridized carbons (Fsp3) is 0.167. The van der Waals surface area contributed by atoms with Gasteiger partial charge in [0.15, 0.2) is 0 Å². The molecule has 0 fully saturated rings. The highest BCUT2D eigenvalue weighted by Gasteiger charge is 2.09. The van der Waals surface area contributed by atoms with Gasteiger partial charge in [-0.15, -0.1) is 0 Å². The third kappa shape index (κ3) is 4.50. The van der Waals surface area contributed by atoms with Gasteiger partial charge < -0.3 is 10.6 Å². The summed E-state index contributed by atoms with van der Waals surface area (Å²) in [7, 11) is 0. The van der Waals surface area contributed by atoms with Gasteiger partial charge in [0, 0.05) is 42.8 Å². The molecule has 0 aliphatic heterocycles. The largest absolute Gasteiger partial charge is 0.352 e. The number of nitrogens with zero attached hydrogens (tertiary/aromatic N) is 4. The zero-order chi connectivity index (χ0) is 18.4. The maximum atomic E-state index is 12.2. The maximum Gasteiger partial charge on any atom is 0.251 e. The van der Waals surface area contributed by atoms with Gasteiger partial charge in [-0.1, -0.05) is 6.07 Å². The van der Waals surface area contributed by atoms with Crippen LogP contribution in [-0.4, -0.2) is 37.9 Å². The van der Waals surface area contributed by atoms with E-state index >= 15 is 0 Å². The third-order valence-corrected chi connectivity index (χ3v) is 3.57. The van der Waals surface area contributed by atoms with Crippen LogP contribution in [0.1, 0.15) is 22.5 Å². The Morgan fingerprint density at radius 2 is 2.08 bits per heavy atom. The van der Waals surface area contributed by atoms with Crippen molar-refractivity contribution < 1.29 is 9.59 Å². The summed E-state index contributed by atoms with van der Waals surface area (Å²) < 4.78 is 1.71. The molecule has 0 spiro atoms. The molecular formula is C18H18N6O2. The number of imidazole rings is 1. The van der Waals surface area contributed by atoms with Crippen LogP contribution < -0.4 is 10.6 Å². The molecule has 2 N–H and O–H groups in total. The van der Waals surface area contributed by atoms with Crippen LogP contribution in [0.4, 0.5) is 5.82 Å². The lowest BCUT2D eigenvalue weighted by Crippen LogP contribution is -2.28. The number of anilines is 1. The van der Waals surface area contributed by atoms with Crippen LogP contribution >= 0.6 is 0 Å². The van der Waals surface area contributed by atoms with E-state index in [0.717, 1.165) is 5.69 Å². The fourth-order valence-electron chi connectivity index (χ4n) is 2.31. The van der Waals surface area contributed by atoms with Gasteiger partial charge in [0.1, 0.15) is 18.0 Å². The molecule has 0 bridgehead atoms. The Hall–Kier alpha value is -3.55. The van der Waals surface area contributed by atoms with Crippen LogP contribution in [0.2, 0.25) is 0 Å². The summed E-state index contributed by atoms with van der Waals surface area (Å²) >= 11 is 0. The summed E-state index contributed by atoms with van der Waals surface area (Å²) in [6.07, 6.45) is 6.69. The van der Waals surface area contributed by atoms with Gasteiger partial charge in [-0.25, -0.2) is 15.0 Å². The lowest BCUT2D eigenvalue weighted by Gasteiger charge is -2.08. The van der Waals surface area contributed by atoms with Crippen molar-refractivity contribution in [1.82, 2.24) is 24.8 Å². The Balaban J connectivity index is 1.51. The zero-order valence-corrected chi connectivity index (χ0v) is 14.2. The number of aryl methyl sites for hydroxylation is 1. The molecule has 0 saturated heterocycles. The molecule has 0 aliphatic rings. The van der Waals surface area contributed by atoms with Gasteiger partial charge >= 0.3 is 0 Å². The molecule has 26 heavy (non-hydrogen) atoms. The molecule has 132 valence electrons. The monoisotopic (exact) mass is 350 g/mol. The van der Waals surface area contributed by atoms with Crippen LogP contribution in [0.3, 0.4) is 0 Å². The molecule has 0 saturated carbocycles. The Morgan fingerprint density at radius 3 is 2.85 bits per heavy atom. The number of carbonyl (C=O) groups is 2. The van der Waals surface area contributed by atoms with Crippen molar-refractivity contribution in [3.05, 3.63) is 66.5 Å². The fourth-order valence-corrected chi connectivity index (χ4v) is 2.31. The Bertz CT molecular complexity index is 908. The summed E-state index contributed by atoms with van der Waals surface area (Å²) in [4.78, 5) is 36.5. The molecular weight excluding hydrogens is 332 g/mol. The van der Waals surface area contributed by atoms with E-state index in [1.54, 1.807) is 47.7 Å². The molecule has 0 atom stereocenters. The summed E-state index contributed by atoms with van der Waals surface area (Å²) in [6.45, 7) is 2.07. The predicted molar refractivity (Wildman–Crippen MR) is 95.9 cm³/mol. The number of amides is 2. The van der Waals surface area contributed by atoms with Crippen molar-refractivity contribution >= 4 is 17.6 Å². The molecule has 3 aromatic heterocycles. The number of nitrogens with one attached hydrogen (secondary N) is 2. The molecule has 2 amide bonds. The van der Waals surface area contributed by atoms with E-state index in [0.29, 0.717) is 17.2 Å². The standard InChI is InChI=1S/C18H18N6O2/c1-13-3-2-4-15(22-13)23-17(25)6-8-21-18(26)14-5-7-20-16(11-14)24-10-9-19-12-24/h2-5,7,9-12H,6,8H2,1H3,(H,21,26)(H,22,23,25). The molecule has 3 rings (SSSR count). The summed E-state index contributed by atoms with van der Waals surface area (Å²) in [5, 5.41) is 5.43. The molecule has 3 heterocycles. The van der Waals surface area contributed by atoms with Crippen molar-refractivity contribution in [3.8, 4) is 5.82 Å². The lowest BCUT2D eigenvalue weighted by molar-refractivity contribution is -0.116. The first-order valence-electron chi connectivity index (χ1n) is 8.08. The van der Waals surface area contributed by atoms with Crippen LogP contribution in [0, 0.1) is 6.92 Å². The van der Waals surface area contributed by atoms with Gasteiger partial charge in [-0.3, -0.25) is 14.2 Å². The average molecular weight is 350 g/mol. The molecule has 8 nitrogen and oxygen atoms in total. The topological polar surface area (TPSA) is 102 Å². The van der Waals surface area contributed by atoms with E-state index < -0.39 is 0 Å². The highest BCUT2D eigenvalue weighted by atomic mass is 16.2. The Labute approximate surface area is 150 Å². The van der Waals surface area contributed by atoms with E-state index in [9.17, 15) is 9.59 Å². The second-order valence-corrected chi connectivity index (χ2v) is 5.59. The lowest BCUT2D eigenvalue weighted by atomic mass is 10.2. The maximum absolute atomic E-state index is 12.2. The molecule has 8 heteroatoms. The van der Waals surface area contributed by atoms with Gasteiger partial charge in [0.2, 0.25) is 5.91 Å². The number of pyridine rings is 2. The number of hydrogen-bond donors (Lipinski definition) is 2. The second kappa shape index (κ2) is 8.02. The Morgan fingerprint density at radius 1 is 1.19 bits per heavy atom. The van der Waals surface area contributed by atoms with Crippen molar-refractivity contribution in [2.75, 3.05) is 11.9 Å². The van der Waals surface area contributed by atoms with Crippen molar-refractivity contribution in [2.24, 2.45) is 0 Å². The summed E-state index contributed by atoms with van der Waals surface area (Å²) in [5.41, 5.74) is 1.28. The van der Waals surface area contributed by atoms with Crippen LogP contribution in [0.15, 0.2) is 55.2 Å². The van der Waals surface area contributed by atoms with Crippen molar-refractivity contribution in [2.45, 2.75) is 13.3 Å². The third-order valence-electron chi connectivity index (χ3n) is 3.57. The minimum Gasteiger partial charge on any atom is -0.352 e. The van der Waals surface area contributed by atoms with Crippen LogP contribution in [-0.2, 0) is 4.79 Å². The number of rotatable bonds is 6. The minimum absolute atomic E-state index is 0.154. The zero-order valence-electron chi connectivity index (χ0n) is 14.2. The molecule has 0 radical (unpaired) electrons. The second-order valence-electron chi connectivity index (χ2n) is 5.59. The van der Waals surface area contributed by atoms with Gasteiger partial charge in [0.05, 0.1) is 0 Å². The summed E-state index contributed by atoms with van der Waals surface area (Å²) in [6, 6.07) is 8.67. The van der Waals surface area contributed by atoms with Crippen molar-refractivity contribution in [3.63, 3.8) is 0 Å². The average Bonchev–Trinajstić information content (AvgIpc) is 3.16.